The number of hydrogen-bond donors (Lipinski definition) is 0. The van der Waals surface area contributed by atoms with Gasteiger partial charge in [0.25, 0.3) is 0 Å². The van der Waals surface area contributed by atoms with E-state index in [1.165, 1.54) is 83.5 Å². The van der Waals surface area contributed by atoms with Gasteiger partial charge in [0.1, 0.15) is 13.2 Å². The molecular weight excluding hydrogens is 757 g/mol. The topological polar surface area (TPSA) is 78.9 Å². The van der Waals surface area contributed by atoms with Crippen molar-refractivity contribution < 1.29 is 28.6 Å². The van der Waals surface area contributed by atoms with E-state index in [4.69, 9.17) is 14.2 Å². The van der Waals surface area contributed by atoms with E-state index in [1.54, 1.807) is 0 Å². The fourth-order valence-corrected chi connectivity index (χ4v) is 6.58. The van der Waals surface area contributed by atoms with Gasteiger partial charge in [-0.1, -0.05) is 234 Å². The Bertz CT molecular complexity index is 1250. The highest BCUT2D eigenvalue weighted by Gasteiger charge is 2.19. The Morgan fingerprint density at radius 1 is 0.344 bits per heavy atom. The zero-order valence-electron chi connectivity index (χ0n) is 39.4. The molecule has 6 heteroatoms. The number of carbonyl (C=O) groups excluding carboxylic acids is 3. The third kappa shape index (κ3) is 47.2. The first-order valence-corrected chi connectivity index (χ1v) is 24.8. The van der Waals surface area contributed by atoms with Crippen molar-refractivity contribution in [2.24, 2.45) is 0 Å². The molecule has 346 valence electrons. The molecule has 6 nitrogen and oxygen atoms in total. The zero-order valence-corrected chi connectivity index (χ0v) is 39.4. The molecule has 1 atom stereocenters. The highest BCUT2D eigenvalue weighted by Crippen LogP contribution is 2.15. The molecule has 0 aromatic heterocycles. The summed E-state index contributed by atoms with van der Waals surface area (Å²) in [7, 11) is 0. The molecule has 0 aliphatic heterocycles. The van der Waals surface area contributed by atoms with Gasteiger partial charge in [0.05, 0.1) is 0 Å². The predicted octanol–water partition coefficient (Wildman–Crippen LogP) is 16.2. The van der Waals surface area contributed by atoms with Crippen LogP contribution in [0, 0.1) is 0 Å². The minimum absolute atomic E-state index is 0.0960. The molecule has 0 amide bonds. The molecule has 0 rings (SSSR count). The Hall–Kier alpha value is -3.67. The monoisotopic (exact) mass is 847 g/mol. The molecule has 0 saturated heterocycles. The maximum Gasteiger partial charge on any atom is 0.306 e. The lowest BCUT2D eigenvalue weighted by Gasteiger charge is -2.18. The number of esters is 3. The van der Waals surface area contributed by atoms with Gasteiger partial charge in [-0.3, -0.25) is 14.4 Å². The van der Waals surface area contributed by atoms with Crippen LogP contribution in [0.1, 0.15) is 213 Å². The van der Waals surface area contributed by atoms with Gasteiger partial charge in [0.2, 0.25) is 0 Å². The maximum absolute atomic E-state index is 12.8. The van der Waals surface area contributed by atoms with Crippen molar-refractivity contribution in [3.63, 3.8) is 0 Å². The van der Waals surface area contributed by atoms with Crippen molar-refractivity contribution in [2.75, 3.05) is 13.2 Å². The molecule has 0 bridgehead atoms. The largest absolute Gasteiger partial charge is 0.462 e. The third-order valence-electron chi connectivity index (χ3n) is 10.3. The van der Waals surface area contributed by atoms with Crippen LogP contribution in [0.25, 0.3) is 0 Å². The summed E-state index contributed by atoms with van der Waals surface area (Å²) in [5.74, 6) is -0.955. The molecule has 0 aromatic rings. The van der Waals surface area contributed by atoms with Crippen LogP contribution < -0.4 is 0 Å². The van der Waals surface area contributed by atoms with Gasteiger partial charge in [-0.2, -0.15) is 0 Å². The van der Waals surface area contributed by atoms with E-state index in [0.717, 1.165) is 89.9 Å². The van der Waals surface area contributed by atoms with E-state index >= 15 is 0 Å². The molecule has 0 heterocycles. The summed E-state index contributed by atoms with van der Waals surface area (Å²) in [6, 6.07) is 0. The van der Waals surface area contributed by atoms with Crippen LogP contribution in [0.3, 0.4) is 0 Å². The molecular formula is C55H90O6. The summed E-state index contributed by atoms with van der Waals surface area (Å²) >= 11 is 0. The fraction of sp³-hybridized carbons (Fsp3) is 0.655. The second-order valence-electron chi connectivity index (χ2n) is 16.2. The molecule has 0 fully saturated rings. The third-order valence-corrected chi connectivity index (χ3v) is 10.3. The van der Waals surface area contributed by atoms with Crippen molar-refractivity contribution in [1.29, 1.82) is 0 Å². The highest BCUT2D eigenvalue weighted by atomic mass is 16.6. The molecule has 61 heavy (non-hydrogen) atoms. The van der Waals surface area contributed by atoms with Crippen LogP contribution in [-0.4, -0.2) is 37.2 Å². The summed E-state index contributed by atoms with van der Waals surface area (Å²) < 4.78 is 16.7. The fourth-order valence-electron chi connectivity index (χ4n) is 6.58. The first-order valence-electron chi connectivity index (χ1n) is 24.8. The van der Waals surface area contributed by atoms with Gasteiger partial charge in [0, 0.05) is 19.3 Å². The number of unbranched alkanes of at least 4 members (excludes halogenated alkanes) is 22. The van der Waals surface area contributed by atoms with Gasteiger partial charge in [-0.05, 0) is 57.8 Å². The molecule has 0 aliphatic rings. The minimum atomic E-state index is -0.800. The second-order valence-corrected chi connectivity index (χ2v) is 16.2. The number of ether oxygens (including phenoxy) is 3. The van der Waals surface area contributed by atoms with Crippen molar-refractivity contribution in [2.45, 2.75) is 219 Å². The molecule has 1 unspecified atom stereocenters. The standard InChI is InChI=1S/C55H90O6/c1-4-7-10-13-16-19-22-25-27-30-33-36-39-42-45-48-54(57)60-51-52(50-59-53(56)47-44-41-38-35-32-29-24-21-18-15-12-9-6-3)61-55(58)49-46-43-40-37-34-31-28-26-23-20-17-14-11-8-5-2/h7-8,10-11,13-14,16-17,19-20,22-23,25,27,30,33,52H,4-6,9,12,15,18,21,24,26,28-29,31-32,34-51H2,1-3H3/b10-7-,11-8-,16-13-,17-14-,22-19-,23-20-,27-25-,33-30-. The van der Waals surface area contributed by atoms with Crippen LogP contribution in [-0.2, 0) is 28.6 Å². The zero-order chi connectivity index (χ0) is 44.4. The van der Waals surface area contributed by atoms with Gasteiger partial charge in [-0.15, -0.1) is 0 Å². The van der Waals surface area contributed by atoms with E-state index < -0.39 is 6.10 Å². The summed E-state index contributed by atoms with van der Waals surface area (Å²) in [4.78, 5) is 37.9. The van der Waals surface area contributed by atoms with E-state index in [9.17, 15) is 14.4 Å². The van der Waals surface area contributed by atoms with E-state index in [-0.39, 0.29) is 31.1 Å². The first-order chi connectivity index (χ1) is 30.0. The Morgan fingerprint density at radius 3 is 1.02 bits per heavy atom. The maximum atomic E-state index is 12.8. The van der Waals surface area contributed by atoms with Crippen molar-refractivity contribution in [1.82, 2.24) is 0 Å². The molecule has 0 saturated carbocycles. The van der Waals surface area contributed by atoms with Gasteiger partial charge < -0.3 is 14.2 Å². The first kappa shape index (κ1) is 57.3. The summed E-state index contributed by atoms with van der Waals surface area (Å²) in [6.45, 7) is 6.31. The Morgan fingerprint density at radius 2 is 0.639 bits per heavy atom. The minimum Gasteiger partial charge on any atom is -0.462 e. The van der Waals surface area contributed by atoms with E-state index in [2.05, 4.69) is 69.4 Å². The molecule has 0 radical (unpaired) electrons. The van der Waals surface area contributed by atoms with E-state index in [0.29, 0.717) is 19.3 Å². The van der Waals surface area contributed by atoms with Crippen molar-refractivity contribution in [3.05, 3.63) is 97.2 Å². The second kappa shape index (κ2) is 49.0. The van der Waals surface area contributed by atoms with Crippen LogP contribution in [0.15, 0.2) is 97.2 Å². The lowest BCUT2D eigenvalue weighted by molar-refractivity contribution is -0.167. The lowest BCUT2D eigenvalue weighted by Crippen LogP contribution is -2.30. The highest BCUT2D eigenvalue weighted by molar-refractivity contribution is 5.71. The SMILES string of the molecule is CC\C=C/C=C\C=C/C=C\C=C/CCCCCC(=O)OCC(COC(=O)CCCCCCCCCCCCCCC)OC(=O)CCCCCCCCC\C=C/C=C\C=C/CC. The summed E-state index contributed by atoms with van der Waals surface area (Å²) in [5, 5.41) is 0. The molecule has 0 N–H and O–H groups in total. The quantitative estimate of drug-likeness (QED) is 0.0263. The summed E-state index contributed by atoms with van der Waals surface area (Å²) in [5.41, 5.74) is 0. The van der Waals surface area contributed by atoms with Gasteiger partial charge in [-0.25, -0.2) is 0 Å². The van der Waals surface area contributed by atoms with E-state index in [1.807, 2.05) is 48.6 Å². The Kier molecular flexibility index (Phi) is 46.0. The average Bonchev–Trinajstić information content (AvgIpc) is 3.26. The van der Waals surface area contributed by atoms with Crippen molar-refractivity contribution in [3.8, 4) is 0 Å². The van der Waals surface area contributed by atoms with Crippen molar-refractivity contribution >= 4 is 17.9 Å². The number of carbonyl (C=O) groups is 3. The average molecular weight is 847 g/mol. The number of rotatable bonds is 43. The van der Waals surface area contributed by atoms with Crippen LogP contribution in [0.5, 0.6) is 0 Å². The van der Waals surface area contributed by atoms with Crippen LogP contribution >= 0.6 is 0 Å². The predicted molar refractivity (Wildman–Crippen MR) is 260 cm³/mol. The number of allylic oxidation sites excluding steroid dienone is 16. The molecule has 0 aromatic carbocycles. The van der Waals surface area contributed by atoms with Gasteiger partial charge in [0.15, 0.2) is 6.10 Å². The molecule has 0 spiro atoms. The number of hydrogen-bond acceptors (Lipinski definition) is 6. The summed E-state index contributed by atoms with van der Waals surface area (Å²) in [6.07, 6.45) is 63.8. The lowest BCUT2D eigenvalue weighted by atomic mass is 10.0. The van der Waals surface area contributed by atoms with Crippen LogP contribution in [0.2, 0.25) is 0 Å². The van der Waals surface area contributed by atoms with Crippen LogP contribution in [0.4, 0.5) is 0 Å². The smallest absolute Gasteiger partial charge is 0.306 e. The Labute approximate surface area is 375 Å². The normalized spacial score (nSPS) is 12.9. The Balaban J connectivity index is 4.49. The van der Waals surface area contributed by atoms with Gasteiger partial charge >= 0.3 is 17.9 Å². The molecule has 0 aliphatic carbocycles.